The first-order valence-corrected chi connectivity index (χ1v) is 7.73. The van der Waals surface area contributed by atoms with Crippen molar-refractivity contribution in [1.82, 2.24) is 9.55 Å². The number of anilines is 1. The maximum absolute atomic E-state index is 12.0. The first kappa shape index (κ1) is 13.5. The summed E-state index contributed by atoms with van der Waals surface area (Å²) in [5, 5.41) is 4.05. The Morgan fingerprint density at radius 3 is 3.06 bits per heavy atom. The van der Waals surface area contributed by atoms with Crippen molar-refractivity contribution in [3.8, 4) is 0 Å². The van der Waals surface area contributed by atoms with Gasteiger partial charge in [0.1, 0.15) is 0 Å². The van der Waals surface area contributed by atoms with E-state index >= 15 is 0 Å². The van der Waals surface area contributed by atoms with Crippen molar-refractivity contribution in [2.24, 2.45) is 0 Å². The van der Waals surface area contributed by atoms with E-state index in [4.69, 9.17) is 0 Å². The number of hydrogen-bond donors (Lipinski definition) is 1. The van der Waals surface area contributed by atoms with E-state index in [9.17, 15) is 4.79 Å². The quantitative estimate of drug-likeness (QED) is 0.889. The molecule has 0 amide bonds. The molecule has 18 heavy (non-hydrogen) atoms. The zero-order valence-electron chi connectivity index (χ0n) is 11.1. The molecule has 4 nitrogen and oxygen atoms in total. The molecular formula is C13H21N3OS. The van der Waals surface area contributed by atoms with Gasteiger partial charge in [0.2, 0.25) is 0 Å². The van der Waals surface area contributed by atoms with Crippen molar-refractivity contribution in [2.75, 3.05) is 11.1 Å². The Labute approximate surface area is 112 Å². The smallest absolute Gasteiger partial charge is 0.293 e. The van der Waals surface area contributed by atoms with E-state index in [-0.39, 0.29) is 5.56 Å². The van der Waals surface area contributed by atoms with Gasteiger partial charge in [-0.25, -0.2) is 4.98 Å². The molecule has 1 saturated carbocycles. The van der Waals surface area contributed by atoms with Crippen LogP contribution in [0.3, 0.4) is 0 Å². The summed E-state index contributed by atoms with van der Waals surface area (Å²) in [7, 11) is 0. The topological polar surface area (TPSA) is 46.9 Å². The third-order valence-corrected chi connectivity index (χ3v) is 4.61. The Kier molecular flexibility index (Phi) is 4.69. The molecule has 1 aromatic rings. The predicted molar refractivity (Wildman–Crippen MR) is 77.4 cm³/mol. The van der Waals surface area contributed by atoms with Gasteiger partial charge in [0.05, 0.1) is 0 Å². The van der Waals surface area contributed by atoms with E-state index in [1.54, 1.807) is 17.0 Å². The minimum absolute atomic E-state index is 0.00778. The molecule has 5 heteroatoms. The fraction of sp³-hybridized carbons (Fsp3) is 0.692. The van der Waals surface area contributed by atoms with Crippen LogP contribution in [-0.4, -0.2) is 26.6 Å². The summed E-state index contributed by atoms with van der Waals surface area (Å²) < 4.78 is 1.68. The van der Waals surface area contributed by atoms with Gasteiger partial charge < -0.3 is 9.88 Å². The van der Waals surface area contributed by atoms with Crippen LogP contribution in [0.15, 0.2) is 17.2 Å². The summed E-state index contributed by atoms with van der Waals surface area (Å²) in [5.41, 5.74) is -0.00778. The lowest BCUT2D eigenvalue weighted by Gasteiger charge is -2.14. The molecule has 0 aliphatic heterocycles. The number of aryl methyl sites for hydroxylation is 1. The highest BCUT2D eigenvalue weighted by atomic mass is 32.2. The second kappa shape index (κ2) is 6.27. The van der Waals surface area contributed by atoms with E-state index < -0.39 is 0 Å². The Balaban J connectivity index is 2.00. The van der Waals surface area contributed by atoms with Crippen molar-refractivity contribution in [3.63, 3.8) is 0 Å². The number of rotatable bonds is 5. The monoisotopic (exact) mass is 267 g/mol. The summed E-state index contributed by atoms with van der Waals surface area (Å²) in [6.45, 7) is 4.85. The molecule has 0 radical (unpaired) electrons. The van der Waals surface area contributed by atoms with E-state index in [2.05, 4.69) is 17.2 Å². The molecule has 1 heterocycles. The van der Waals surface area contributed by atoms with E-state index in [1.807, 2.05) is 18.7 Å². The van der Waals surface area contributed by atoms with Gasteiger partial charge in [0.25, 0.3) is 5.56 Å². The van der Waals surface area contributed by atoms with Crippen LogP contribution in [0, 0.1) is 0 Å². The molecule has 0 aromatic carbocycles. The number of nitrogens with one attached hydrogen (secondary N) is 1. The van der Waals surface area contributed by atoms with Crippen molar-refractivity contribution < 1.29 is 0 Å². The molecule has 0 saturated heterocycles. The standard InChI is InChI=1S/C13H21N3OS/c1-3-16-8-7-14-12(13(16)17)15-10-5-6-11(9-10)18-4-2/h7-8,10-11H,3-6,9H2,1-2H3,(H,14,15). The highest BCUT2D eigenvalue weighted by molar-refractivity contribution is 7.99. The van der Waals surface area contributed by atoms with Gasteiger partial charge in [-0.3, -0.25) is 4.79 Å². The van der Waals surface area contributed by atoms with Crippen LogP contribution in [-0.2, 0) is 6.54 Å². The summed E-state index contributed by atoms with van der Waals surface area (Å²) in [6, 6.07) is 0.405. The van der Waals surface area contributed by atoms with Crippen molar-refractivity contribution >= 4 is 17.6 Å². The second-order valence-electron chi connectivity index (χ2n) is 4.60. The zero-order chi connectivity index (χ0) is 13.0. The molecule has 0 spiro atoms. The van der Waals surface area contributed by atoms with Crippen LogP contribution in [0.1, 0.15) is 33.1 Å². The van der Waals surface area contributed by atoms with Gasteiger partial charge >= 0.3 is 0 Å². The molecule has 1 fully saturated rings. The molecular weight excluding hydrogens is 246 g/mol. The van der Waals surface area contributed by atoms with E-state index in [1.165, 1.54) is 12.2 Å². The lowest BCUT2D eigenvalue weighted by atomic mass is 10.2. The van der Waals surface area contributed by atoms with Crippen molar-refractivity contribution in [1.29, 1.82) is 0 Å². The molecule has 1 aromatic heterocycles. The average molecular weight is 267 g/mol. The largest absolute Gasteiger partial charge is 0.363 e. The molecule has 1 aliphatic rings. The lowest BCUT2D eigenvalue weighted by molar-refractivity contribution is 0.702. The van der Waals surface area contributed by atoms with E-state index in [0.29, 0.717) is 18.4 Å². The lowest BCUT2D eigenvalue weighted by Crippen LogP contribution is -2.27. The summed E-state index contributed by atoms with van der Waals surface area (Å²) in [6.07, 6.45) is 6.95. The van der Waals surface area contributed by atoms with Gasteiger partial charge in [-0.2, -0.15) is 11.8 Å². The number of aromatic nitrogens is 2. The summed E-state index contributed by atoms with van der Waals surface area (Å²) in [5.74, 6) is 1.68. The van der Waals surface area contributed by atoms with Crippen LogP contribution in [0.25, 0.3) is 0 Å². The molecule has 1 aliphatic carbocycles. The maximum Gasteiger partial charge on any atom is 0.293 e. The zero-order valence-corrected chi connectivity index (χ0v) is 11.9. The predicted octanol–water partition coefficient (Wildman–Crippen LogP) is 2.35. The highest BCUT2D eigenvalue weighted by Crippen LogP contribution is 2.30. The fourth-order valence-electron chi connectivity index (χ4n) is 2.45. The second-order valence-corrected chi connectivity index (χ2v) is 6.18. The van der Waals surface area contributed by atoms with Gasteiger partial charge in [0, 0.05) is 30.2 Å². The molecule has 2 rings (SSSR count). The summed E-state index contributed by atoms with van der Waals surface area (Å²) >= 11 is 2.02. The third-order valence-electron chi connectivity index (χ3n) is 3.38. The van der Waals surface area contributed by atoms with Gasteiger partial charge in [-0.1, -0.05) is 6.92 Å². The first-order chi connectivity index (χ1) is 8.74. The maximum atomic E-state index is 12.0. The van der Waals surface area contributed by atoms with Gasteiger partial charge in [-0.15, -0.1) is 0 Å². The number of nitrogens with zero attached hydrogens (tertiary/aromatic N) is 2. The molecule has 1 N–H and O–H groups in total. The SMILES string of the molecule is CCSC1CCC(Nc2nccn(CC)c2=O)C1. The normalized spacial score (nSPS) is 23.2. The highest BCUT2D eigenvalue weighted by Gasteiger charge is 2.25. The van der Waals surface area contributed by atoms with Crippen LogP contribution in [0.2, 0.25) is 0 Å². The third kappa shape index (κ3) is 3.07. The minimum Gasteiger partial charge on any atom is -0.363 e. The van der Waals surface area contributed by atoms with Crippen molar-refractivity contribution in [3.05, 3.63) is 22.7 Å². The fourth-order valence-corrected chi connectivity index (χ4v) is 3.59. The van der Waals surface area contributed by atoms with Gasteiger partial charge in [-0.05, 0) is 31.9 Å². The van der Waals surface area contributed by atoms with Crippen LogP contribution >= 0.6 is 11.8 Å². The minimum atomic E-state index is -0.00778. The van der Waals surface area contributed by atoms with Crippen molar-refractivity contribution in [2.45, 2.75) is 50.9 Å². The average Bonchev–Trinajstić information content (AvgIpc) is 2.80. The van der Waals surface area contributed by atoms with E-state index in [0.717, 1.165) is 18.1 Å². The summed E-state index contributed by atoms with van der Waals surface area (Å²) in [4.78, 5) is 16.2. The Bertz CT molecular complexity index is 446. The van der Waals surface area contributed by atoms with Gasteiger partial charge in [0.15, 0.2) is 5.82 Å². The molecule has 100 valence electrons. The van der Waals surface area contributed by atoms with Crippen LogP contribution in [0.5, 0.6) is 0 Å². The Morgan fingerprint density at radius 1 is 1.50 bits per heavy atom. The number of hydrogen-bond acceptors (Lipinski definition) is 4. The molecule has 2 unspecified atom stereocenters. The Morgan fingerprint density at radius 2 is 2.33 bits per heavy atom. The molecule has 2 atom stereocenters. The first-order valence-electron chi connectivity index (χ1n) is 6.68. The van der Waals surface area contributed by atoms with Crippen LogP contribution < -0.4 is 10.9 Å². The molecule has 0 bridgehead atoms. The van der Waals surface area contributed by atoms with Crippen LogP contribution in [0.4, 0.5) is 5.82 Å². The Hall–Kier alpha value is -0.970. The number of thioether (sulfide) groups is 1.